The molecule has 0 aromatic heterocycles. The highest BCUT2D eigenvalue weighted by Gasteiger charge is 2.43. The molecule has 1 N–H and O–H groups in total. The zero-order valence-electron chi connectivity index (χ0n) is 12.3. The molecule has 1 atom stereocenters. The molecule has 1 aliphatic rings. The Morgan fingerprint density at radius 3 is 2.67 bits per heavy atom. The Morgan fingerprint density at radius 1 is 1.29 bits per heavy atom. The molecule has 0 heterocycles. The van der Waals surface area contributed by atoms with Crippen molar-refractivity contribution in [1.82, 2.24) is 0 Å². The molecule has 0 spiro atoms. The summed E-state index contributed by atoms with van der Waals surface area (Å²) in [4.78, 5) is 11.9. The first-order valence-electron chi connectivity index (χ1n) is 7.43. The van der Waals surface area contributed by atoms with Crippen molar-refractivity contribution in [3.05, 3.63) is 35.4 Å². The highest BCUT2D eigenvalue weighted by molar-refractivity contribution is 7.91. The first kappa shape index (κ1) is 16.0. The molecule has 0 aliphatic heterocycles. The summed E-state index contributed by atoms with van der Waals surface area (Å²) < 4.78 is 23.9. The summed E-state index contributed by atoms with van der Waals surface area (Å²) in [5, 5.41) is 9.77. The van der Waals surface area contributed by atoms with E-state index in [9.17, 15) is 18.3 Å². The maximum absolute atomic E-state index is 12.0. The minimum atomic E-state index is -3.17. The summed E-state index contributed by atoms with van der Waals surface area (Å²) in [7, 11) is -3.17. The van der Waals surface area contributed by atoms with Crippen molar-refractivity contribution in [2.24, 2.45) is 0 Å². The predicted molar refractivity (Wildman–Crippen MR) is 82.3 cm³/mol. The lowest BCUT2D eigenvalue weighted by molar-refractivity contribution is -0.144. The molecule has 1 aliphatic carbocycles. The molecule has 0 amide bonds. The quantitative estimate of drug-likeness (QED) is 0.876. The number of hydrogen-bond donors (Lipinski definition) is 1. The summed E-state index contributed by atoms with van der Waals surface area (Å²) in [6, 6.07) is 7.54. The van der Waals surface area contributed by atoms with Crippen LogP contribution in [0.2, 0.25) is 0 Å². The van der Waals surface area contributed by atoms with Crippen molar-refractivity contribution in [1.29, 1.82) is 0 Å². The lowest BCUT2D eigenvalue weighted by Gasteiger charge is -2.35. The number of hydrogen-bond acceptors (Lipinski definition) is 3. The topological polar surface area (TPSA) is 71.4 Å². The molecule has 4 nitrogen and oxygen atoms in total. The van der Waals surface area contributed by atoms with Crippen LogP contribution in [0.4, 0.5) is 0 Å². The van der Waals surface area contributed by atoms with Gasteiger partial charge in [-0.3, -0.25) is 4.79 Å². The Kier molecular flexibility index (Phi) is 4.71. The van der Waals surface area contributed by atoms with Crippen molar-refractivity contribution in [3.63, 3.8) is 0 Å². The fourth-order valence-electron chi connectivity index (χ4n) is 3.25. The molecule has 2 rings (SSSR count). The average Bonchev–Trinajstić information content (AvgIpc) is 2.45. The number of carbonyl (C=O) groups is 1. The van der Waals surface area contributed by atoms with Gasteiger partial charge in [-0.15, -0.1) is 0 Å². The molecule has 116 valence electrons. The molecule has 1 aromatic rings. The Bertz CT molecular complexity index is 621. The fraction of sp³-hybridized carbons (Fsp3) is 0.562. The summed E-state index contributed by atoms with van der Waals surface area (Å²) in [6.07, 6.45) is 2.91. The van der Waals surface area contributed by atoms with Gasteiger partial charge in [-0.05, 0) is 43.2 Å². The van der Waals surface area contributed by atoms with Crippen LogP contribution >= 0.6 is 0 Å². The summed E-state index contributed by atoms with van der Waals surface area (Å²) in [5.74, 6) is -0.826. The van der Waals surface area contributed by atoms with Crippen molar-refractivity contribution in [2.75, 3.05) is 11.5 Å². The maximum atomic E-state index is 12.0. The zero-order valence-corrected chi connectivity index (χ0v) is 13.2. The van der Waals surface area contributed by atoms with Gasteiger partial charge >= 0.3 is 5.97 Å². The number of fused-ring (bicyclic) bond motifs is 1. The van der Waals surface area contributed by atoms with Crippen LogP contribution in [-0.2, 0) is 26.5 Å². The SMILES string of the molecule is CCCS(=O)(=O)CCC1(C(=O)O)CCCc2ccccc21. The first-order valence-corrected chi connectivity index (χ1v) is 9.25. The van der Waals surface area contributed by atoms with Crippen LogP contribution in [0.15, 0.2) is 24.3 Å². The van der Waals surface area contributed by atoms with Crippen LogP contribution in [0, 0.1) is 0 Å². The summed E-state index contributed by atoms with van der Waals surface area (Å²) in [6.45, 7) is 1.82. The third-order valence-electron chi connectivity index (χ3n) is 4.35. The second-order valence-electron chi connectivity index (χ2n) is 5.80. The Hall–Kier alpha value is -1.36. The summed E-state index contributed by atoms with van der Waals surface area (Å²) >= 11 is 0. The fourth-order valence-corrected chi connectivity index (χ4v) is 4.74. The Balaban J connectivity index is 2.34. The third-order valence-corrected chi connectivity index (χ3v) is 6.20. The van der Waals surface area contributed by atoms with Gasteiger partial charge in [0.05, 0.1) is 11.2 Å². The average molecular weight is 310 g/mol. The first-order chi connectivity index (χ1) is 9.91. The van der Waals surface area contributed by atoms with Crippen LogP contribution in [0.25, 0.3) is 0 Å². The van der Waals surface area contributed by atoms with Gasteiger partial charge in [0.2, 0.25) is 0 Å². The van der Waals surface area contributed by atoms with Crippen LogP contribution in [0.3, 0.4) is 0 Å². The van der Waals surface area contributed by atoms with Gasteiger partial charge in [0.25, 0.3) is 0 Å². The lowest BCUT2D eigenvalue weighted by atomic mass is 9.68. The molecule has 21 heavy (non-hydrogen) atoms. The number of aliphatic carboxylic acids is 1. The van der Waals surface area contributed by atoms with Gasteiger partial charge in [0, 0.05) is 5.75 Å². The van der Waals surface area contributed by atoms with E-state index >= 15 is 0 Å². The van der Waals surface area contributed by atoms with Crippen molar-refractivity contribution < 1.29 is 18.3 Å². The van der Waals surface area contributed by atoms with E-state index in [2.05, 4.69) is 0 Å². The number of sulfone groups is 1. The molecule has 0 saturated carbocycles. The smallest absolute Gasteiger partial charge is 0.314 e. The van der Waals surface area contributed by atoms with Gasteiger partial charge in [-0.1, -0.05) is 31.2 Å². The lowest BCUT2D eigenvalue weighted by Crippen LogP contribution is -2.41. The molecular formula is C16H22O4S. The number of carboxylic acids is 1. The molecule has 0 fully saturated rings. The second kappa shape index (κ2) is 6.18. The van der Waals surface area contributed by atoms with Gasteiger partial charge in [0.15, 0.2) is 0 Å². The molecule has 1 aromatic carbocycles. The van der Waals surface area contributed by atoms with Crippen LogP contribution in [0.1, 0.15) is 43.7 Å². The van der Waals surface area contributed by atoms with E-state index in [1.807, 2.05) is 31.2 Å². The minimum absolute atomic E-state index is 0.0541. The van der Waals surface area contributed by atoms with Crippen LogP contribution in [0.5, 0.6) is 0 Å². The monoisotopic (exact) mass is 310 g/mol. The molecule has 0 bridgehead atoms. The number of carboxylic acid groups (broad SMARTS) is 1. The molecule has 0 radical (unpaired) electrons. The van der Waals surface area contributed by atoms with Gasteiger partial charge in [-0.25, -0.2) is 8.42 Å². The van der Waals surface area contributed by atoms with E-state index in [1.54, 1.807) is 0 Å². The predicted octanol–water partition coefficient (Wildman–Crippen LogP) is 2.56. The normalized spacial score (nSPS) is 21.8. The highest BCUT2D eigenvalue weighted by Crippen LogP contribution is 2.40. The molecule has 5 heteroatoms. The van der Waals surface area contributed by atoms with Gasteiger partial charge < -0.3 is 5.11 Å². The van der Waals surface area contributed by atoms with Crippen molar-refractivity contribution >= 4 is 15.8 Å². The Morgan fingerprint density at radius 2 is 2.00 bits per heavy atom. The van der Waals surface area contributed by atoms with Crippen LogP contribution < -0.4 is 0 Å². The van der Waals surface area contributed by atoms with Crippen molar-refractivity contribution in [3.8, 4) is 0 Å². The van der Waals surface area contributed by atoms with E-state index < -0.39 is 21.2 Å². The second-order valence-corrected chi connectivity index (χ2v) is 8.10. The summed E-state index contributed by atoms with van der Waals surface area (Å²) in [5.41, 5.74) is 0.796. The van der Waals surface area contributed by atoms with E-state index in [4.69, 9.17) is 0 Å². The zero-order chi connectivity index (χ0) is 15.5. The minimum Gasteiger partial charge on any atom is -0.481 e. The van der Waals surface area contributed by atoms with Crippen LogP contribution in [-0.4, -0.2) is 31.0 Å². The van der Waals surface area contributed by atoms with E-state index in [1.165, 1.54) is 0 Å². The third kappa shape index (κ3) is 3.28. The van der Waals surface area contributed by atoms with E-state index in [-0.39, 0.29) is 17.9 Å². The van der Waals surface area contributed by atoms with Gasteiger partial charge in [0.1, 0.15) is 9.84 Å². The van der Waals surface area contributed by atoms with E-state index in [0.29, 0.717) is 12.8 Å². The maximum Gasteiger partial charge on any atom is 0.314 e. The molecular weight excluding hydrogens is 288 g/mol. The standard InChI is InChI=1S/C16H22O4S/c1-2-11-21(19,20)12-10-16(15(17)18)9-5-7-13-6-3-4-8-14(13)16/h3-4,6,8H,2,5,7,9-12H2,1H3,(H,17,18). The largest absolute Gasteiger partial charge is 0.481 e. The number of benzene rings is 1. The van der Waals surface area contributed by atoms with E-state index in [0.717, 1.165) is 24.0 Å². The molecule has 0 saturated heterocycles. The van der Waals surface area contributed by atoms with Crippen molar-refractivity contribution in [2.45, 2.75) is 44.4 Å². The van der Waals surface area contributed by atoms with Gasteiger partial charge in [-0.2, -0.15) is 0 Å². The molecule has 1 unspecified atom stereocenters. The Labute approximate surface area is 126 Å². The highest BCUT2D eigenvalue weighted by atomic mass is 32.2. The number of rotatable bonds is 6. The number of aryl methyl sites for hydroxylation is 1.